The van der Waals surface area contributed by atoms with Crippen LogP contribution < -0.4 is 19.7 Å². The molecule has 1 aliphatic rings. The summed E-state index contributed by atoms with van der Waals surface area (Å²) in [6, 6.07) is 30.5. The Morgan fingerprint density at radius 2 is 1.55 bits per heavy atom. The number of benzene rings is 3. The molecule has 3 heterocycles. The minimum Gasteiger partial charge on any atom is -0.497 e. The Morgan fingerprint density at radius 1 is 0.841 bits per heavy atom. The molecule has 0 saturated carbocycles. The highest BCUT2D eigenvalue weighted by atomic mass is 32.1. The number of carbonyl (C=O) groups excluding carboxylic acids is 1. The predicted molar refractivity (Wildman–Crippen MR) is 174 cm³/mol. The van der Waals surface area contributed by atoms with Crippen molar-refractivity contribution in [1.82, 2.24) is 14.9 Å². The SMILES string of the molecule is COC(=O)c1cccc(-n2c(C)cc([C@H]3[C@@H](c4ccccn4)NC(=S)N3c3ccc(Oc4ccc(OC)cc4)cc3)c2C)c1. The van der Waals surface area contributed by atoms with Gasteiger partial charge in [0.15, 0.2) is 5.11 Å². The monoisotopic (exact) mass is 604 g/mol. The number of esters is 1. The summed E-state index contributed by atoms with van der Waals surface area (Å²) in [7, 11) is 3.03. The first kappa shape index (κ1) is 28.9. The number of nitrogens with zero attached hydrogens (tertiary/aromatic N) is 3. The van der Waals surface area contributed by atoms with Crippen molar-refractivity contribution in [2.75, 3.05) is 19.1 Å². The van der Waals surface area contributed by atoms with Crippen molar-refractivity contribution in [3.8, 4) is 22.9 Å². The van der Waals surface area contributed by atoms with E-state index in [1.807, 2.05) is 84.9 Å². The fraction of sp³-hybridized carbons (Fsp3) is 0.171. The lowest BCUT2D eigenvalue weighted by atomic mass is 9.96. The van der Waals surface area contributed by atoms with E-state index >= 15 is 0 Å². The number of ether oxygens (including phenoxy) is 3. The maximum Gasteiger partial charge on any atom is 0.337 e. The molecule has 1 fully saturated rings. The lowest BCUT2D eigenvalue weighted by Gasteiger charge is -2.28. The van der Waals surface area contributed by atoms with Crippen LogP contribution in [0.4, 0.5) is 5.69 Å². The van der Waals surface area contributed by atoms with Crippen molar-refractivity contribution in [3.05, 3.63) is 131 Å². The van der Waals surface area contributed by atoms with E-state index in [0.29, 0.717) is 22.2 Å². The van der Waals surface area contributed by atoms with E-state index in [1.165, 1.54) is 7.11 Å². The Kier molecular flexibility index (Phi) is 8.04. The van der Waals surface area contributed by atoms with Gasteiger partial charge in [0.2, 0.25) is 0 Å². The third-order valence-electron chi connectivity index (χ3n) is 7.82. The lowest BCUT2D eigenvalue weighted by Crippen LogP contribution is -2.29. The summed E-state index contributed by atoms with van der Waals surface area (Å²) in [4.78, 5) is 19.1. The Hall–Kier alpha value is -5.15. The van der Waals surface area contributed by atoms with Crippen molar-refractivity contribution >= 4 is 29.0 Å². The highest BCUT2D eigenvalue weighted by Gasteiger charge is 2.42. The van der Waals surface area contributed by atoms with Crippen LogP contribution in [-0.4, -0.2) is 34.9 Å². The molecule has 2 atom stereocenters. The number of methoxy groups -OCH3 is 2. The predicted octanol–water partition coefficient (Wildman–Crippen LogP) is 7.25. The topological polar surface area (TPSA) is 77.9 Å². The number of pyridine rings is 1. The largest absolute Gasteiger partial charge is 0.497 e. The molecule has 0 spiro atoms. The summed E-state index contributed by atoms with van der Waals surface area (Å²) in [5.41, 5.74) is 6.33. The van der Waals surface area contributed by atoms with Gasteiger partial charge in [0.05, 0.1) is 37.6 Å². The number of hydrogen-bond acceptors (Lipinski definition) is 6. The van der Waals surface area contributed by atoms with Crippen LogP contribution in [0.1, 0.15) is 45.1 Å². The number of hydrogen-bond donors (Lipinski definition) is 1. The van der Waals surface area contributed by atoms with Crippen molar-refractivity contribution in [1.29, 1.82) is 0 Å². The minimum atomic E-state index is -0.374. The van der Waals surface area contributed by atoms with Gasteiger partial charge >= 0.3 is 5.97 Å². The second kappa shape index (κ2) is 12.2. The summed E-state index contributed by atoms with van der Waals surface area (Å²) in [6.45, 7) is 4.15. The average Bonchev–Trinajstić information content (AvgIpc) is 3.56. The molecule has 1 N–H and O–H groups in total. The molecule has 0 bridgehead atoms. The smallest absolute Gasteiger partial charge is 0.337 e. The molecule has 0 aliphatic carbocycles. The van der Waals surface area contributed by atoms with Crippen LogP contribution in [0.25, 0.3) is 5.69 Å². The molecule has 0 unspecified atom stereocenters. The Labute approximate surface area is 261 Å². The van der Waals surface area contributed by atoms with E-state index in [2.05, 4.69) is 34.7 Å². The fourth-order valence-electron chi connectivity index (χ4n) is 5.78. The highest BCUT2D eigenvalue weighted by Crippen LogP contribution is 2.44. The number of aromatic nitrogens is 2. The maximum atomic E-state index is 12.3. The van der Waals surface area contributed by atoms with Crippen LogP contribution in [-0.2, 0) is 4.74 Å². The van der Waals surface area contributed by atoms with Crippen LogP contribution in [0.15, 0.2) is 103 Å². The molecule has 44 heavy (non-hydrogen) atoms. The third kappa shape index (κ3) is 5.49. The number of carbonyl (C=O) groups is 1. The van der Waals surface area contributed by atoms with Gasteiger partial charge in [0.1, 0.15) is 17.2 Å². The first-order chi connectivity index (χ1) is 21.4. The molecule has 0 amide bonds. The molecule has 222 valence electrons. The van der Waals surface area contributed by atoms with Gasteiger partial charge in [-0.05, 0) is 117 Å². The average molecular weight is 605 g/mol. The molecule has 2 aromatic heterocycles. The molecule has 3 aromatic carbocycles. The summed E-state index contributed by atoms with van der Waals surface area (Å²) < 4.78 is 18.4. The number of aryl methyl sites for hydroxylation is 1. The summed E-state index contributed by atoms with van der Waals surface area (Å²) in [5.74, 6) is 1.82. The van der Waals surface area contributed by atoms with Crippen LogP contribution in [0.3, 0.4) is 0 Å². The van der Waals surface area contributed by atoms with E-state index in [1.54, 1.807) is 19.4 Å². The van der Waals surface area contributed by atoms with Crippen molar-refractivity contribution < 1.29 is 19.0 Å². The molecule has 0 radical (unpaired) electrons. The summed E-state index contributed by atoms with van der Waals surface area (Å²) in [5, 5.41) is 4.14. The zero-order chi connectivity index (χ0) is 30.8. The van der Waals surface area contributed by atoms with E-state index < -0.39 is 0 Å². The van der Waals surface area contributed by atoms with Gasteiger partial charge in [-0.25, -0.2) is 4.79 Å². The number of nitrogens with one attached hydrogen (secondary N) is 1. The number of anilines is 1. The van der Waals surface area contributed by atoms with Crippen molar-refractivity contribution in [3.63, 3.8) is 0 Å². The van der Waals surface area contributed by atoms with Crippen LogP contribution in [0.5, 0.6) is 17.2 Å². The standard InChI is InChI=1S/C35H32N4O4S/c1-22-20-30(23(2)38(22)26-9-7-8-24(21-26)34(40)42-4)33-32(31-10-5-6-19-36-31)37-35(44)39(33)25-11-13-28(14-12-25)43-29-17-15-27(41-3)16-18-29/h5-21,32-33H,1-4H3,(H,37,44)/t32-,33+/m1/s1. The maximum absolute atomic E-state index is 12.3. The first-order valence-corrected chi connectivity index (χ1v) is 14.6. The van der Waals surface area contributed by atoms with Gasteiger partial charge in [-0.2, -0.15) is 0 Å². The molecule has 9 heteroatoms. The Morgan fingerprint density at radius 3 is 2.20 bits per heavy atom. The van der Waals surface area contributed by atoms with Gasteiger partial charge in [-0.1, -0.05) is 12.1 Å². The van der Waals surface area contributed by atoms with Crippen LogP contribution >= 0.6 is 12.2 Å². The van der Waals surface area contributed by atoms with Gasteiger partial charge in [-0.3, -0.25) is 4.98 Å². The molecule has 8 nitrogen and oxygen atoms in total. The zero-order valence-electron chi connectivity index (χ0n) is 24.9. The number of rotatable bonds is 8. The van der Waals surface area contributed by atoms with Crippen LogP contribution in [0, 0.1) is 13.8 Å². The zero-order valence-corrected chi connectivity index (χ0v) is 25.7. The summed E-state index contributed by atoms with van der Waals surface area (Å²) >= 11 is 5.96. The second-order valence-electron chi connectivity index (χ2n) is 10.5. The molecule has 5 aromatic rings. The second-order valence-corrected chi connectivity index (χ2v) is 10.9. The fourth-order valence-corrected chi connectivity index (χ4v) is 6.12. The van der Waals surface area contributed by atoms with Crippen molar-refractivity contribution in [2.24, 2.45) is 0 Å². The van der Waals surface area contributed by atoms with E-state index in [-0.39, 0.29) is 18.1 Å². The lowest BCUT2D eigenvalue weighted by molar-refractivity contribution is 0.0600. The molecule has 1 saturated heterocycles. The minimum absolute atomic E-state index is 0.200. The third-order valence-corrected chi connectivity index (χ3v) is 8.14. The van der Waals surface area contributed by atoms with Gasteiger partial charge in [0, 0.05) is 29.0 Å². The Bertz CT molecular complexity index is 1800. The van der Waals surface area contributed by atoms with E-state index in [9.17, 15) is 4.79 Å². The molecular weight excluding hydrogens is 572 g/mol. The molecule has 1 aliphatic heterocycles. The van der Waals surface area contributed by atoms with E-state index in [4.69, 9.17) is 31.4 Å². The van der Waals surface area contributed by atoms with Crippen molar-refractivity contribution in [2.45, 2.75) is 25.9 Å². The Balaban J connectivity index is 1.39. The quantitative estimate of drug-likeness (QED) is 0.147. The van der Waals surface area contributed by atoms with Gasteiger partial charge in [0.25, 0.3) is 0 Å². The van der Waals surface area contributed by atoms with Gasteiger partial charge < -0.3 is 29.0 Å². The molecular formula is C35H32N4O4S. The van der Waals surface area contributed by atoms with Crippen LogP contribution in [0.2, 0.25) is 0 Å². The number of thiocarbonyl (C=S) groups is 1. The summed E-state index contributed by atoms with van der Waals surface area (Å²) in [6.07, 6.45) is 1.80. The normalized spacial score (nSPS) is 16.0. The first-order valence-electron chi connectivity index (χ1n) is 14.2. The molecule has 6 rings (SSSR count). The van der Waals surface area contributed by atoms with E-state index in [0.717, 1.165) is 39.8 Å². The van der Waals surface area contributed by atoms with Gasteiger partial charge in [-0.15, -0.1) is 0 Å². The highest BCUT2D eigenvalue weighted by molar-refractivity contribution is 7.80.